The normalized spacial score (nSPS) is 21.5. The van der Waals surface area contributed by atoms with E-state index in [0.717, 1.165) is 10.7 Å². The molecule has 0 radical (unpaired) electrons. The van der Waals surface area contributed by atoms with Crippen molar-refractivity contribution in [1.29, 1.82) is 0 Å². The number of piperidine rings is 1. The van der Waals surface area contributed by atoms with Crippen LogP contribution in [0.15, 0.2) is 29.2 Å². The van der Waals surface area contributed by atoms with Gasteiger partial charge in [0.2, 0.25) is 10.0 Å². The molecule has 2 N–H and O–H groups in total. The van der Waals surface area contributed by atoms with Crippen molar-refractivity contribution in [2.45, 2.75) is 31.2 Å². The lowest BCUT2D eigenvalue weighted by Gasteiger charge is -2.42. The van der Waals surface area contributed by atoms with Crippen LogP contribution in [-0.2, 0) is 10.0 Å². The van der Waals surface area contributed by atoms with E-state index in [0.29, 0.717) is 18.7 Å². The first-order valence-electron chi connectivity index (χ1n) is 7.63. The molecule has 1 heterocycles. The van der Waals surface area contributed by atoms with E-state index in [9.17, 15) is 13.2 Å². The summed E-state index contributed by atoms with van der Waals surface area (Å²) in [5, 5.41) is 0. The van der Waals surface area contributed by atoms with Gasteiger partial charge in [0, 0.05) is 38.8 Å². The van der Waals surface area contributed by atoms with Crippen LogP contribution < -0.4 is 5.73 Å². The Hall–Kier alpha value is -1.44. The van der Waals surface area contributed by atoms with E-state index in [1.54, 1.807) is 17.0 Å². The van der Waals surface area contributed by atoms with Crippen LogP contribution >= 0.6 is 0 Å². The summed E-state index contributed by atoms with van der Waals surface area (Å²) in [5.74, 6) is -0.0845. The zero-order valence-electron chi connectivity index (χ0n) is 14.1. The van der Waals surface area contributed by atoms with Crippen LogP contribution in [0.1, 0.15) is 30.6 Å². The van der Waals surface area contributed by atoms with Crippen molar-refractivity contribution in [2.24, 2.45) is 11.1 Å². The van der Waals surface area contributed by atoms with E-state index >= 15 is 0 Å². The lowest BCUT2D eigenvalue weighted by molar-refractivity contribution is 0.0533. The lowest BCUT2D eigenvalue weighted by Crippen LogP contribution is -2.54. The average molecular weight is 339 g/mol. The number of nitrogens with zero attached hydrogens (tertiary/aromatic N) is 2. The van der Waals surface area contributed by atoms with Crippen LogP contribution in [0.5, 0.6) is 0 Å². The van der Waals surface area contributed by atoms with E-state index in [2.05, 4.69) is 13.8 Å². The molecule has 1 saturated heterocycles. The van der Waals surface area contributed by atoms with Crippen LogP contribution in [0, 0.1) is 5.41 Å². The predicted octanol–water partition coefficient (Wildman–Crippen LogP) is 1.14. The van der Waals surface area contributed by atoms with E-state index < -0.39 is 10.0 Å². The second kappa shape index (κ2) is 6.22. The smallest absolute Gasteiger partial charge is 0.253 e. The van der Waals surface area contributed by atoms with Gasteiger partial charge in [-0.05, 0) is 36.1 Å². The van der Waals surface area contributed by atoms with Crippen molar-refractivity contribution in [3.05, 3.63) is 29.8 Å². The Morgan fingerprint density at radius 3 is 2.30 bits per heavy atom. The fourth-order valence-corrected chi connectivity index (χ4v) is 3.61. The van der Waals surface area contributed by atoms with Gasteiger partial charge in [0.1, 0.15) is 0 Å². The molecule has 7 heteroatoms. The number of hydrogen-bond donors (Lipinski definition) is 1. The van der Waals surface area contributed by atoms with E-state index in [1.807, 2.05) is 0 Å². The monoisotopic (exact) mass is 339 g/mol. The molecular weight excluding hydrogens is 314 g/mol. The Balaban J connectivity index is 2.19. The Bertz CT molecular complexity index is 681. The van der Waals surface area contributed by atoms with Crippen LogP contribution in [0.25, 0.3) is 0 Å². The minimum absolute atomic E-state index is 0.0826. The number of sulfonamides is 1. The second-order valence-electron chi connectivity index (χ2n) is 6.92. The standard InChI is InChI=1S/C16H25N3O3S/c1-16(2)11-19(10-9-14(16)17)15(20)12-5-7-13(8-6-12)23(21,22)18(3)4/h5-8,14H,9-11,17H2,1-4H3. The molecule has 0 aromatic heterocycles. The largest absolute Gasteiger partial charge is 0.338 e. The molecule has 6 nitrogen and oxygen atoms in total. The van der Waals surface area contributed by atoms with Crippen molar-refractivity contribution in [3.63, 3.8) is 0 Å². The SMILES string of the molecule is CN(C)S(=O)(=O)c1ccc(C(=O)N2CCC(N)C(C)(C)C2)cc1. The van der Waals surface area contributed by atoms with Gasteiger partial charge in [-0.1, -0.05) is 13.8 Å². The molecule has 0 saturated carbocycles. The van der Waals surface area contributed by atoms with Gasteiger partial charge < -0.3 is 10.6 Å². The van der Waals surface area contributed by atoms with E-state index in [1.165, 1.54) is 26.2 Å². The topological polar surface area (TPSA) is 83.7 Å². The fraction of sp³-hybridized carbons (Fsp3) is 0.562. The van der Waals surface area contributed by atoms with Crippen molar-refractivity contribution in [3.8, 4) is 0 Å². The molecule has 128 valence electrons. The molecule has 1 aromatic carbocycles. The third-order valence-electron chi connectivity index (χ3n) is 4.48. The van der Waals surface area contributed by atoms with E-state index in [4.69, 9.17) is 5.73 Å². The molecule has 1 atom stereocenters. The summed E-state index contributed by atoms with van der Waals surface area (Å²) in [5.41, 5.74) is 6.47. The van der Waals surface area contributed by atoms with Gasteiger partial charge in [0.05, 0.1) is 4.90 Å². The number of hydrogen-bond acceptors (Lipinski definition) is 4. The number of rotatable bonds is 3. The van der Waals surface area contributed by atoms with Crippen molar-refractivity contribution < 1.29 is 13.2 Å². The zero-order chi connectivity index (χ0) is 17.4. The van der Waals surface area contributed by atoms with Crippen LogP contribution in [0.2, 0.25) is 0 Å². The first-order valence-corrected chi connectivity index (χ1v) is 9.07. The molecule has 1 aliphatic heterocycles. The molecule has 0 bridgehead atoms. The summed E-state index contributed by atoms with van der Waals surface area (Å²) in [4.78, 5) is 14.6. The second-order valence-corrected chi connectivity index (χ2v) is 9.07. The molecule has 0 aliphatic carbocycles. The molecule has 2 rings (SSSR count). The van der Waals surface area contributed by atoms with Gasteiger partial charge in [0.15, 0.2) is 0 Å². The Morgan fingerprint density at radius 1 is 1.26 bits per heavy atom. The van der Waals surface area contributed by atoms with Gasteiger partial charge in [0.25, 0.3) is 5.91 Å². The molecular formula is C16H25N3O3S. The summed E-state index contributed by atoms with van der Waals surface area (Å²) < 4.78 is 25.3. The van der Waals surface area contributed by atoms with Crippen LogP contribution in [0.3, 0.4) is 0 Å². The fourth-order valence-electron chi connectivity index (χ4n) is 2.71. The molecule has 1 aromatic rings. The summed E-state index contributed by atoms with van der Waals surface area (Å²) in [6.07, 6.45) is 0.770. The third-order valence-corrected chi connectivity index (χ3v) is 6.31. The minimum atomic E-state index is -3.48. The number of likely N-dealkylation sites (tertiary alicyclic amines) is 1. The van der Waals surface area contributed by atoms with Gasteiger partial charge >= 0.3 is 0 Å². The Labute approximate surface area is 138 Å². The summed E-state index contributed by atoms with van der Waals surface area (Å²) in [6.45, 7) is 5.35. The predicted molar refractivity (Wildman–Crippen MR) is 89.6 cm³/mol. The quantitative estimate of drug-likeness (QED) is 0.895. The van der Waals surface area contributed by atoms with E-state index in [-0.39, 0.29) is 22.3 Å². The van der Waals surface area contributed by atoms with Gasteiger partial charge in [-0.25, -0.2) is 12.7 Å². The number of carbonyl (C=O) groups excluding carboxylic acids is 1. The van der Waals surface area contributed by atoms with Crippen molar-refractivity contribution in [1.82, 2.24) is 9.21 Å². The number of benzene rings is 1. The first-order chi connectivity index (χ1) is 10.6. The molecule has 1 unspecified atom stereocenters. The number of carbonyl (C=O) groups is 1. The zero-order valence-corrected chi connectivity index (χ0v) is 14.9. The third kappa shape index (κ3) is 3.57. The Kier molecular flexibility index (Phi) is 4.84. The maximum atomic E-state index is 12.6. The van der Waals surface area contributed by atoms with Gasteiger partial charge in [-0.3, -0.25) is 4.79 Å². The highest BCUT2D eigenvalue weighted by Gasteiger charge is 2.35. The maximum absolute atomic E-state index is 12.6. The molecule has 1 amide bonds. The average Bonchev–Trinajstić information content (AvgIpc) is 2.49. The lowest BCUT2D eigenvalue weighted by atomic mass is 9.79. The highest BCUT2D eigenvalue weighted by atomic mass is 32.2. The first kappa shape index (κ1) is 17.9. The molecule has 1 aliphatic rings. The highest BCUT2D eigenvalue weighted by Crippen LogP contribution is 2.28. The van der Waals surface area contributed by atoms with Crippen LogP contribution in [0.4, 0.5) is 0 Å². The van der Waals surface area contributed by atoms with Gasteiger partial charge in [-0.15, -0.1) is 0 Å². The Morgan fingerprint density at radius 2 is 1.83 bits per heavy atom. The minimum Gasteiger partial charge on any atom is -0.338 e. The summed E-state index contributed by atoms with van der Waals surface area (Å²) in [7, 11) is -0.519. The molecule has 23 heavy (non-hydrogen) atoms. The summed E-state index contributed by atoms with van der Waals surface area (Å²) >= 11 is 0. The van der Waals surface area contributed by atoms with Crippen molar-refractivity contribution in [2.75, 3.05) is 27.2 Å². The number of amides is 1. The maximum Gasteiger partial charge on any atom is 0.253 e. The molecule has 1 fully saturated rings. The van der Waals surface area contributed by atoms with Crippen LogP contribution in [-0.4, -0.2) is 56.8 Å². The highest BCUT2D eigenvalue weighted by molar-refractivity contribution is 7.89. The molecule has 0 spiro atoms. The number of nitrogens with two attached hydrogens (primary N) is 1. The van der Waals surface area contributed by atoms with Crippen molar-refractivity contribution >= 4 is 15.9 Å². The van der Waals surface area contributed by atoms with Gasteiger partial charge in [-0.2, -0.15) is 0 Å². The summed E-state index contributed by atoms with van der Waals surface area (Å²) in [6, 6.07) is 6.17.